The van der Waals surface area contributed by atoms with Gasteiger partial charge in [-0.1, -0.05) is 30.3 Å². The second-order valence-electron chi connectivity index (χ2n) is 7.55. The molecule has 6 N–H and O–H groups in total. The van der Waals surface area contributed by atoms with E-state index >= 15 is 0 Å². The zero-order valence-electron chi connectivity index (χ0n) is 16.8. The van der Waals surface area contributed by atoms with E-state index < -0.39 is 24.5 Å². The van der Waals surface area contributed by atoms with E-state index in [9.17, 15) is 10.2 Å². The van der Waals surface area contributed by atoms with Gasteiger partial charge in [0.25, 0.3) is 0 Å². The molecule has 10 nitrogen and oxygen atoms in total. The molecule has 0 aliphatic carbocycles. The number of aromatic nitrogens is 4. The molecule has 0 amide bonds. The van der Waals surface area contributed by atoms with Gasteiger partial charge in [0, 0.05) is 12.1 Å². The number of ether oxygens (including phenoxy) is 1. The van der Waals surface area contributed by atoms with Gasteiger partial charge in [-0.2, -0.15) is 0 Å². The van der Waals surface area contributed by atoms with Crippen LogP contribution in [0.25, 0.3) is 22.6 Å². The summed E-state index contributed by atoms with van der Waals surface area (Å²) in [5.41, 5.74) is 13.3. The van der Waals surface area contributed by atoms with E-state index in [-0.39, 0.29) is 5.82 Å². The summed E-state index contributed by atoms with van der Waals surface area (Å²) < 4.78 is 7.83. The Hall–Kier alpha value is -2.63. The van der Waals surface area contributed by atoms with E-state index in [1.165, 1.54) is 6.33 Å². The predicted octanol–water partition coefficient (Wildman–Crippen LogP) is -0.0247. The molecule has 2 aromatic heterocycles. The van der Waals surface area contributed by atoms with Crippen LogP contribution in [0.1, 0.15) is 12.6 Å². The molecule has 1 saturated heterocycles. The molecular weight excluding hydrogens is 386 g/mol. The first kappa shape index (κ1) is 20.6. The third kappa shape index (κ3) is 3.75. The van der Waals surface area contributed by atoms with E-state index in [4.69, 9.17) is 16.2 Å². The fraction of sp³-hybridized carbons (Fsp3) is 0.450. The fourth-order valence-corrected chi connectivity index (χ4v) is 3.81. The van der Waals surface area contributed by atoms with E-state index in [2.05, 4.69) is 15.0 Å². The second kappa shape index (κ2) is 8.62. The summed E-state index contributed by atoms with van der Waals surface area (Å²) in [4.78, 5) is 15.0. The number of aliphatic hydroxyl groups is 2. The summed E-state index contributed by atoms with van der Waals surface area (Å²) >= 11 is 0. The Labute approximate surface area is 174 Å². The number of hydrogen-bond donors (Lipinski definition) is 4. The quantitative estimate of drug-likeness (QED) is 0.419. The largest absolute Gasteiger partial charge is 0.387 e. The molecule has 1 aromatic carbocycles. The van der Waals surface area contributed by atoms with Crippen LogP contribution in [0.4, 0.5) is 5.82 Å². The minimum atomic E-state index is -1.16. The molecule has 4 atom stereocenters. The Morgan fingerprint density at radius 1 is 1.17 bits per heavy atom. The lowest BCUT2D eigenvalue weighted by Gasteiger charge is -2.22. The molecule has 0 unspecified atom stereocenters. The number of anilines is 1. The maximum atomic E-state index is 10.9. The molecule has 0 saturated carbocycles. The molecule has 0 spiro atoms. The number of aliphatic hydroxyl groups excluding tert-OH is 2. The number of nitrogens with two attached hydrogens (primary N) is 2. The average molecular weight is 413 g/mol. The normalized spacial score (nSPS) is 24.2. The highest BCUT2D eigenvalue weighted by atomic mass is 16.6. The maximum absolute atomic E-state index is 10.9. The number of hydrogen-bond acceptors (Lipinski definition) is 9. The van der Waals surface area contributed by atoms with E-state index in [0.717, 1.165) is 18.5 Å². The van der Waals surface area contributed by atoms with Gasteiger partial charge in [0.05, 0.1) is 0 Å². The Morgan fingerprint density at radius 3 is 2.67 bits per heavy atom. The molecule has 4 rings (SSSR count). The van der Waals surface area contributed by atoms with Crippen LogP contribution in [-0.4, -0.2) is 79.6 Å². The third-order valence-corrected chi connectivity index (χ3v) is 5.36. The van der Waals surface area contributed by atoms with E-state index in [1.807, 2.05) is 42.3 Å². The van der Waals surface area contributed by atoms with Gasteiger partial charge in [0.15, 0.2) is 23.2 Å². The molecule has 10 heteroatoms. The Morgan fingerprint density at radius 2 is 1.93 bits per heavy atom. The average Bonchev–Trinajstić information content (AvgIpc) is 3.27. The van der Waals surface area contributed by atoms with Crippen molar-refractivity contribution in [3.8, 4) is 11.4 Å². The van der Waals surface area contributed by atoms with Crippen LogP contribution in [0.5, 0.6) is 0 Å². The second-order valence-corrected chi connectivity index (χ2v) is 7.55. The zero-order chi connectivity index (χ0) is 21.3. The Bertz CT molecular complexity index is 997. The lowest BCUT2D eigenvalue weighted by Crippen LogP contribution is -2.39. The van der Waals surface area contributed by atoms with Crippen LogP contribution in [0.3, 0.4) is 0 Å². The Balaban J connectivity index is 1.72. The van der Waals surface area contributed by atoms with Gasteiger partial charge < -0.3 is 31.3 Å². The summed E-state index contributed by atoms with van der Waals surface area (Å²) in [6.07, 6.45) is -1.48. The molecule has 3 aromatic rings. The molecular formula is C20H27N7O3. The first-order valence-electron chi connectivity index (χ1n) is 9.95. The standard InChI is InChI=1S/C20H27N7O3/c1-26(9-5-8-21)10-13-15(28)16(29)20(30-13)27-18(12-6-3-2-4-7-12)25-14-17(22)23-11-24-19(14)27/h2-4,6-7,11,13,15-16,20,28-29H,5,8-10,21H2,1H3,(H2,22,23,24)/t13-,15-,16-,20-/m1/s1. The smallest absolute Gasteiger partial charge is 0.168 e. The SMILES string of the molecule is CN(CCCN)C[C@H]1O[C@@H](n2c(-c3ccccc3)nc3c(N)ncnc32)[C@H](O)[C@@H]1O. The molecule has 0 bridgehead atoms. The lowest BCUT2D eigenvalue weighted by atomic mass is 10.1. The third-order valence-electron chi connectivity index (χ3n) is 5.36. The summed E-state index contributed by atoms with van der Waals surface area (Å²) in [5.74, 6) is 0.772. The molecule has 3 heterocycles. The van der Waals surface area contributed by atoms with Crippen molar-refractivity contribution in [1.82, 2.24) is 24.4 Å². The highest BCUT2D eigenvalue weighted by Crippen LogP contribution is 2.36. The topological polar surface area (TPSA) is 149 Å². The van der Waals surface area contributed by atoms with Crippen LogP contribution in [0, 0.1) is 0 Å². The van der Waals surface area contributed by atoms with Gasteiger partial charge in [-0.3, -0.25) is 4.57 Å². The van der Waals surface area contributed by atoms with Crippen molar-refractivity contribution in [2.45, 2.75) is 31.0 Å². The van der Waals surface area contributed by atoms with E-state index in [1.54, 1.807) is 4.57 Å². The zero-order valence-corrected chi connectivity index (χ0v) is 16.8. The van der Waals surface area contributed by atoms with Gasteiger partial charge in [-0.25, -0.2) is 15.0 Å². The fourth-order valence-electron chi connectivity index (χ4n) is 3.81. The molecule has 1 aliphatic heterocycles. The summed E-state index contributed by atoms with van der Waals surface area (Å²) in [7, 11) is 1.93. The number of rotatable bonds is 7. The number of nitrogens with zero attached hydrogens (tertiary/aromatic N) is 5. The van der Waals surface area contributed by atoms with Gasteiger partial charge in [0.2, 0.25) is 0 Å². The van der Waals surface area contributed by atoms with Crippen molar-refractivity contribution in [2.24, 2.45) is 5.73 Å². The highest BCUT2D eigenvalue weighted by Gasteiger charge is 2.45. The van der Waals surface area contributed by atoms with E-state index in [0.29, 0.717) is 30.1 Å². The number of imidazole rings is 1. The van der Waals surface area contributed by atoms with Crippen molar-refractivity contribution in [2.75, 3.05) is 32.4 Å². The summed E-state index contributed by atoms with van der Waals surface area (Å²) in [6, 6.07) is 9.49. The number of fused-ring (bicyclic) bond motifs is 1. The first-order valence-corrected chi connectivity index (χ1v) is 9.95. The monoisotopic (exact) mass is 413 g/mol. The van der Waals surface area contributed by atoms with Gasteiger partial charge in [-0.15, -0.1) is 0 Å². The Kier molecular flexibility index (Phi) is 5.93. The molecule has 30 heavy (non-hydrogen) atoms. The number of benzene rings is 1. The van der Waals surface area contributed by atoms with Crippen LogP contribution >= 0.6 is 0 Å². The maximum Gasteiger partial charge on any atom is 0.168 e. The molecule has 1 aliphatic rings. The van der Waals surface area contributed by atoms with Crippen molar-refractivity contribution >= 4 is 17.0 Å². The lowest BCUT2D eigenvalue weighted by molar-refractivity contribution is -0.0412. The number of nitrogen functional groups attached to an aromatic ring is 1. The van der Waals surface area contributed by atoms with Gasteiger partial charge >= 0.3 is 0 Å². The van der Waals surface area contributed by atoms with Crippen LogP contribution < -0.4 is 11.5 Å². The van der Waals surface area contributed by atoms with Gasteiger partial charge in [0.1, 0.15) is 30.5 Å². The first-order chi connectivity index (χ1) is 14.5. The van der Waals surface area contributed by atoms with Gasteiger partial charge in [-0.05, 0) is 26.6 Å². The predicted molar refractivity (Wildman–Crippen MR) is 112 cm³/mol. The molecule has 160 valence electrons. The summed E-state index contributed by atoms with van der Waals surface area (Å²) in [6.45, 7) is 1.82. The molecule has 1 fully saturated rings. The van der Waals surface area contributed by atoms with Crippen molar-refractivity contribution in [3.63, 3.8) is 0 Å². The van der Waals surface area contributed by atoms with Crippen molar-refractivity contribution < 1.29 is 14.9 Å². The highest BCUT2D eigenvalue weighted by molar-refractivity contribution is 5.85. The van der Waals surface area contributed by atoms with Crippen molar-refractivity contribution in [1.29, 1.82) is 0 Å². The van der Waals surface area contributed by atoms with Crippen LogP contribution in [0.15, 0.2) is 36.7 Å². The van der Waals surface area contributed by atoms with Crippen molar-refractivity contribution in [3.05, 3.63) is 36.7 Å². The minimum Gasteiger partial charge on any atom is -0.387 e. The van der Waals surface area contributed by atoms with Crippen LogP contribution in [0.2, 0.25) is 0 Å². The summed E-state index contributed by atoms with van der Waals surface area (Å²) in [5, 5.41) is 21.5. The number of likely N-dealkylation sites (N-methyl/N-ethyl adjacent to an activating group) is 1. The minimum absolute atomic E-state index is 0.238. The van der Waals surface area contributed by atoms with Crippen LogP contribution in [-0.2, 0) is 4.74 Å². The molecule has 0 radical (unpaired) electrons.